The third kappa shape index (κ3) is 2.02. The lowest BCUT2D eigenvalue weighted by molar-refractivity contribution is 0.686. The lowest BCUT2D eigenvalue weighted by atomic mass is 10.1. The van der Waals surface area contributed by atoms with E-state index in [9.17, 15) is 0 Å². The van der Waals surface area contributed by atoms with Gasteiger partial charge in [0.2, 0.25) is 0 Å². The highest BCUT2D eigenvalue weighted by atomic mass is 32.2. The van der Waals surface area contributed by atoms with Gasteiger partial charge in [-0.3, -0.25) is 0 Å². The van der Waals surface area contributed by atoms with Crippen molar-refractivity contribution in [3.63, 3.8) is 0 Å². The van der Waals surface area contributed by atoms with Crippen molar-refractivity contribution in [2.75, 3.05) is 6.26 Å². The predicted molar refractivity (Wildman–Crippen MR) is 55.4 cm³/mol. The van der Waals surface area contributed by atoms with E-state index in [1.165, 1.54) is 10.5 Å². The maximum absolute atomic E-state index is 5.96. The van der Waals surface area contributed by atoms with E-state index < -0.39 is 0 Å². The molecular weight excluding hydrogens is 166 g/mol. The Labute approximate surface area is 78.4 Å². The van der Waals surface area contributed by atoms with Crippen LogP contribution in [0.25, 0.3) is 0 Å². The first-order valence-electron chi connectivity index (χ1n) is 4.18. The molecule has 0 saturated carbocycles. The van der Waals surface area contributed by atoms with E-state index in [0.29, 0.717) is 0 Å². The topological polar surface area (TPSA) is 26.0 Å². The Morgan fingerprint density at radius 1 is 1.42 bits per heavy atom. The second kappa shape index (κ2) is 4.53. The minimum atomic E-state index is 0.189. The third-order valence-corrected chi connectivity index (χ3v) is 2.79. The SMILES string of the molecule is CC[C@@H](N)c1ccccc1SC. The number of rotatable bonds is 3. The number of thioether (sulfide) groups is 1. The Bertz CT molecular complexity index is 247. The van der Waals surface area contributed by atoms with Crippen molar-refractivity contribution >= 4 is 11.8 Å². The molecule has 0 aromatic heterocycles. The molecule has 0 unspecified atom stereocenters. The molecule has 0 saturated heterocycles. The zero-order chi connectivity index (χ0) is 8.97. The minimum absolute atomic E-state index is 0.189. The summed E-state index contributed by atoms with van der Waals surface area (Å²) in [5, 5.41) is 0. The van der Waals surface area contributed by atoms with Crippen LogP contribution >= 0.6 is 11.8 Å². The summed E-state index contributed by atoms with van der Waals surface area (Å²) in [6.45, 7) is 2.11. The predicted octanol–water partition coefficient (Wildman–Crippen LogP) is 2.82. The second-order valence-electron chi connectivity index (χ2n) is 2.76. The fourth-order valence-corrected chi connectivity index (χ4v) is 1.86. The Hall–Kier alpha value is -0.470. The first-order valence-corrected chi connectivity index (χ1v) is 5.40. The van der Waals surface area contributed by atoms with E-state index in [1.54, 1.807) is 11.8 Å². The van der Waals surface area contributed by atoms with Gasteiger partial charge < -0.3 is 5.73 Å². The monoisotopic (exact) mass is 181 g/mol. The van der Waals surface area contributed by atoms with Gasteiger partial charge in [0.1, 0.15) is 0 Å². The third-order valence-electron chi connectivity index (χ3n) is 1.98. The van der Waals surface area contributed by atoms with Crippen LogP contribution in [0.4, 0.5) is 0 Å². The average Bonchev–Trinajstić information content (AvgIpc) is 2.16. The van der Waals surface area contributed by atoms with Gasteiger partial charge in [-0.2, -0.15) is 0 Å². The van der Waals surface area contributed by atoms with E-state index in [2.05, 4.69) is 31.4 Å². The van der Waals surface area contributed by atoms with Crippen LogP contribution in [0.15, 0.2) is 29.2 Å². The highest BCUT2D eigenvalue weighted by Crippen LogP contribution is 2.25. The highest BCUT2D eigenvalue weighted by molar-refractivity contribution is 7.98. The second-order valence-corrected chi connectivity index (χ2v) is 3.60. The Morgan fingerprint density at radius 2 is 2.08 bits per heavy atom. The van der Waals surface area contributed by atoms with Gasteiger partial charge in [0.05, 0.1) is 0 Å². The highest BCUT2D eigenvalue weighted by Gasteiger charge is 2.06. The molecule has 0 aliphatic carbocycles. The Kier molecular flexibility index (Phi) is 3.63. The smallest absolute Gasteiger partial charge is 0.0303 e. The normalized spacial score (nSPS) is 12.9. The molecule has 0 amide bonds. The zero-order valence-corrected chi connectivity index (χ0v) is 8.40. The Balaban J connectivity index is 2.96. The molecule has 0 bridgehead atoms. The van der Waals surface area contributed by atoms with Gasteiger partial charge in [-0.05, 0) is 24.3 Å². The lowest BCUT2D eigenvalue weighted by Crippen LogP contribution is -2.09. The van der Waals surface area contributed by atoms with Gasteiger partial charge in [0, 0.05) is 10.9 Å². The minimum Gasteiger partial charge on any atom is -0.324 e. The molecule has 1 nitrogen and oxygen atoms in total. The summed E-state index contributed by atoms with van der Waals surface area (Å²) in [7, 11) is 0. The van der Waals surface area contributed by atoms with Gasteiger partial charge in [-0.25, -0.2) is 0 Å². The first-order chi connectivity index (χ1) is 5.79. The van der Waals surface area contributed by atoms with Crippen LogP contribution in [0.2, 0.25) is 0 Å². The zero-order valence-electron chi connectivity index (χ0n) is 7.58. The summed E-state index contributed by atoms with van der Waals surface area (Å²) in [6.07, 6.45) is 3.08. The molecule has 0 spiro atoms. The lowest BCUT2D eigenvalue weighted by Gasteiger charge is -2.12. The number of hydrogen-bond donors (Lipinski definition) is 1. The number of benzene rings is 1. The standard InChI is InChI=1S/C10H15NS/c1-3-9(11)8-6-4-5-7-10(8)12-2/h4-7,9H,3,11H2,1-2H3/t9-/m1/s1. The molecule has 2 heteroatoms. The molecule has 0 heterocycles. The number of hydrogen-bond acceptors (Lipinski definition) is 2. The Morgan fingerprint density at radius 3 is 2.67 bits per heavy atom. The quantitative estimate of drug-likeness (QED) is 0.726. The largest absolute Gasteiger partial charge is 0.324 e. The van der Waals surface area contributed by atoms with E-state index >= 15 is 0 Å². The van der Waals surface area contributed by atoms with Crippen molar-refractivity contribution in [3.05, 3.63) is 29.8 Å². The average molecular weight is 181 g/mol. The van der Waals surface area contributed by atoms with E-state index in [0.717, 1.165) is 6.42 Å². The summed E-state index contributed by atoms with van der Waals surface area (Å²) < 4.78 is 0. The maximum atomic E-state index is 5.96. The molecule has 1 aromatic rings. The molecule has 1 atom stereocenters. The van der Waals surface area contributed by atoms with Crippen LogP contribution in [-0.2, 0) is 0 Å². The first kappa shape index (κ1) is 9.62. The van der Waals surface area contributed by atoms with Crippen molar-refractivity contribution in [2.45, 2.75) is 24.3 Å². The molecule has 66 valence electrons. The molecule has 0 radical (unpaired) electrons. The number of nitrogens with two attached hydrogens (primary N) is 1. The summed E-state index contributed by atoms with van der Waals surface area (Å²) in [6, 6.07) is 8.52. The van der Waals surface area contributed by atoms with Crippen molar-refractivity contribution < 1.29 is 0 Å². The van der Waals surface area contributed by atoms with Crippen LogP contribution in [0.3, 0.4) is 0 Å². The molecule has 1 aromatic carbocycles. The maximum Gasteiger partial charge on any atom is 0.0303 e. The molecule has 0 aliphatic rings. The van der Waals surface area contributed by atoms with Crippen LogP contribution < -0.4 is 5.73 Å². The summed E-state index contributed by atoms with van der Waals surface area (Å²) >= 11 is 1.76. The van der Waals surface area contributed by atoms with Gasteiger partial charge in [0.15, 0.2) is 0 Å². The van der Waals surface area contributed by atoms with Crippen LogP contribution in [0, 0.1) is 0 Å². The van der Waals surface area contributed by atoms with Crippen LogP contribution in [-0.4, -0.2) is 6.26 Å². The van der Waals surface area contributed by atoms with Crippen LogP contribution in [0.1, 0.15) is 24.9 Å². The van der Waals surface area contributed by atoms with Gasteiger partial charge in [-0.1, -0.05) is 25.1 Å². The summed E-state index contributed by atoms with van der Waals surface area (Å²) in [5.74, 6) is 0. The van der Waals surface area contributed by atoms with E-state index in [1.807, 2.05) is 6.07 Å². The van der Waals surface area contributed by atoms with Gasteiger partial charge >= 0.3 is 0 Å². The molecule has 2 N–H and O–H groups in total. The van der Waals surface area contributed by atoms with Crippen molar-refractivity contribution in [1.82, 2.24) is 0 Å². The molecule has 0 aliphatic heterocycles. The van der Waals surface area contributed by atoms with Crippen molar-refractivity contribution in [2.24, 2.45) is 5.73 Å². The fraction of sp³-hybridized carbons (Fsp3) is 0.400. The van der Waals surface area contributed by atoms with Crippen LogP contribution in [0.5, 0.6) is 0 Å². The molecule has 1 rings (SSSR count). The van der Waals surface area contributed by atoms with Crippen molar-refractivity contribution in [1.29, 1.82) is 0 Å². The van der Waals surface area contributed by atoms with Gasteiger partial charge in [0.25, 0.3) is 0 Å². The van der Waals surface area contributed by atoms with E-state index in [-0.39, 0.29) is 6.04 Å². The van der Waals surface area contributed by atoms with Gasteiger partial charge in [-0.15, -0.1) is 11.8 Å². The van der Waals surface area contributed by atoms with E-state index in [4.69, 9.17) is 5.73 Å². The molecule has 12 heavy (non-hydrogen) atoms. The van der Waals surface area contributed by atoms with Crippen molar-refractivity contribution in [3.8, 4) is 0 Å². The molecular formula is C10H15NS. The fourth-order valence-electron chi connectivity index (χ4n) is 1.19. The summed E-state index contributed by atoms with van der Waals surface area (Å²) in [5.41, 5.74) is 7.23. The molecule has 0 fully saturated rings. The summed E-state index contributed by atoms with van der Waals surface area (Å²) in [4.78, 5) is 1.30.